The molecule has 0 bridgehead atoms. The van der Waals surface area contributed by atoms with Crippen LogP contribution in [0.3, 0.4) is 0 Å². The van der Waals surface area contributed by atoms with E-state index in [0.29, 0.717) is 0 Å². The van der Waals surface area contributed by atoms with Gasteiger partial charge in [-0.05, 0) is 12.1 Å². The lowest BCUT2D eigenvalue weighted by molar-refractivity contribution is -0.119. The molecule has 4 heteroatoms. The molecule has 82 valence electrons. The zero-order chi connectivity index (χ0) is 11.4. The molecule has 0 radical (unpaired) electrons. The quantitative estimate of drug-likeness (QED) is 0.791. The molecule has 0 saturated heterocycles. The lowest BCUT2D eigenvalue weighted by Crippen LogP contribution is -2.16. The molecule has 1 atom stereocenters. The molecule has 0 aliphatic rings. The molecule has 0 aliphatic carbocycles. The molecule has 15 heavy (non-hydrogen) atoms. The largest absolute Gasteiger partial charge is 0.298 e. The van der Waals surface area contributed by atoms with Crippen LogP contribution in [0.15, 0.2) is 29.2 Å². The monoisotopic (exact) mass is 228 g/mol. The van der Waals surface area contributed by atoms with Crippen LogP contribution < -0.4 is 0 Å². The van der Waals surface area contributed by atoms with Gasteiger partial charge in [-0.25, -0.2) is 4.39 Å². The fourth-order valence-corrected chi connectivity index (χ4v) is 2.27. The number of Topliss-reactive ketones (excluding diaryl/α,β-unsaturated/α-hetero) is 1. The third kappa shape index (κ3) is 3.23. The average Bonchev–Trinajstić information content (AvgIpc) is 2.18. The minimum absolute atomic E-state index is 0.103. The Morgan fingerprint density at radius 2 is 2.00 bits per heavy atom. The van der Waals surface area contributed by atoms with Gasteiger partial charge < -0.3 is 0 Å². The van der Waals surface area contributed by atoms with Crippen LogP contribution >= 0.6 is 0 Å². The molecule has 0 amide bonds. The SMILES string of the molecule is CC(C)C(=O)CS(=O)c1ccccc1F. The van der Waals surface area contributed by atoms with Gasteiger partial charge in [0, 0.05) is 5.92 Å². The van der Waals surface area contributed by atoms with Crippen molar-refractivity contribution in [3.05, 3.63) is 30.1 Å². The van der Waals surface area contributed by atoms with Crippen molar-refractivity contribution in [2.24, 2.45) is 5.92 Å². The lowest BCUT2D eigenvalue weighted by atomic mass is 10.1. The Labute approximate surface area is 91.0 Å². The van der Waals surface area contributed by atoms with Crippen molar-refractivity contribution < 1.29 is 13.4 Å². The third-order valence-electron chi connectivity index (χ3n) is 2.00. The van der Waals surface area contributed by atoms with Crippen molar-refractivity contribution >= 4 is 16.6 Å². The summed E-state index contributed by atoms with van der Waals surface area (Å²) in [7, 11) is -1.57. The molecule has 0 heterocycles. The summed E-state index contributed by atoms with van der Waals surface area (Å²) in [6.07, 6.45) is 0. The van der Waals surface area contributed by atoms with Gasteiger partial charge in [0.2, 0.25) is 0 Å². The predicted octanol–water partition coefficient (Wildman–Crippen LogP) is 2.16. The van der Waals surface area contributed by atoms with Gasteiger partial charge in [0.05, 0.1) is 21.4 Å². The lowest BCUT2D eigenvalue weighted by Gasteiger charge is -2.04. The second-order valence-electron chi connectivity index (χ2n) is 3.54. The Bertz CT molecular complexity index is 388. The summed E-state index contributed by atoms with van der Waals surface area (Å²) in [6, 6.07) is 5.82. The van der Waals surface area contributed by atoms with E-state index in [2.05, 4.69) is 0 Å². The van der Waals surface area contributed by atoms with Crippen molar-refractivity contribution in [1.29, 1.82) is 0 Å². The molecule has 0 saturated carbocycles. The second kappa shape index (κ2) is 5.16. The molecule has 1 unspecified atom stereocenters. The number of hydrogen-bond donors (Lipinski definition) is 0. The third-order valence-corrected chi connectivity index (χ3v) is 3.37. The molecule has 0 spiro atoms. The summed E-state index contributed by atoms with van der Waals surface area (Å²) in [5.74, 6) is -0.914. The van der Waals surface area contributed by atoms with Crippen LogP contribution in [0, 0.1) is 11.7 Å². The highest BCUT2D eigenvalue weighted by Crippen LogP contribution is 2.12. The molecule has 0 fully saturated rings. The summed E-state index contributed by atoms with van der Waals surface area (Å²) >= 11 is 0. The molecule has 0 N–H and O–H groups in total. The summed E-state index contributed by atoms with van der Waals surface area (Å²) in [4.78, 5) is 11.4. The molecular weight excluding hydrogens is 215 g/mol. The van der Waals surface area contributed by atoms with E-state index in [1.54, 1.807) is 19.9 Å². The maximum absolute atomic E-state index is 13.2. The van der Waals surface area contributed by atoms with E-state index in [1.807, 2.05) is 0 Å². The van der Waals surface area contributed by atoms with E-state index in [0.717, 1.165) is 0 Å². The van der Waals surface area contributed by atoms with Crippen LogP contribution in [0.2, 0.25) is 0 Å². The number of ketones is 1. The Balaban J connectivity index is 2.79. The first-order valence-corrected chi connectivity index (χ1v) is 6.00. The first-order valence-electron chi connectivity index (χ1n) is 4.68. The number of rotatable bonds is 4. The van der Waals surface area contributed by atoms with Gasteiger partial charge in [-0.3, -0.25) is 9.00 Å². The number of carbonyl (C=O) groups is 1. The Morgan fingerprint density at radius 1 is 1.40 bits per heavy atom. The van der Waals surface area contributed by atoms with Crippen molar-refractivity contribution in [3.8, 4) is 0 Å². The van der Waals surface area contributed by atoms with Crippen LogP contribution in [-0.4, -0.2) is 15.7 Å². The average molecular weight is 228 g/mol. The summed E-state index contributed by atoms with van der Waals surface area (Å²) in [5, 5.41) is 0. The molecule has 0 aromatic heterocycles. The van der Waals surface area contributed by atoms with E-state index >= 15 is 0 Å². The van der Waals surface area contributed by atoms with Gasteiger partial charge in [-0.2, -0.15) is 0 Å². The van der Waals surface area contributed by atoms with Crippen LogP contribution in [0.5, 0.6) is 0 Å². The normalized spacial score (nSPS) is 12.8. The molecule has 1 rings (SSSR count). The predicted molar refractivity (Wildman–Crippen MR) is 57.5 cm³/mol. The zero-order valence-electron chi connectivity index (χ0n) is 8.70. The molecule has 0 aliphatic heterocycles. The van der Waals surface area contributed by atoms with Crippen molar-refractivity contribution in [2.45, 2.75) is 18.7 Å². The zero-order valence-corrected chi connectivity index (χ0v) is 9.51. The maximum Gasteiger partial charge on any atom is 0.148 e. The minimum Gasteiger partial charge on any atom is -0.298 e. The standard InChI is InChI=1S/C11H13FO2S/c1-8(2)10(13)7-15(14)11-6-4-3-5-9(11)12/h3-6,8H,7H2,1-2H3. The highest BCUT2D eigenvalue weighted by Gasteiger charge is 2.15. The Morgan fingerprint density at radius 3 is 2.53 bits per heavy atom. The maximum atomic E-state index is 13.2. The smallest absolute Gasteiger partial charge is 0.148 e. The van der Waals surface area contributed by atoms with E-state index in [1.165, 1.54) is 18.2 Å². The van der Waals surface area contributed by atoms with Crippen molar-refractivity contribution in [3.63, 3.8) is 0 Å². The van der Waals surface area contributed by atoms with E-state index < -0.39 is 16.6 Å². The van der Waals surface area contributed by atoms with Crippen molar-refractivity contribution in [2.75, 3.05) is 5.75 Å². The fraction of sp³-hybridized carbons (Fsp3) is 0.364. The fourth-order valence-electron chi connectivity index (χ4n) is 1.00. The van der Waals surface area contributed by atoms with Gasteiger partial charge in [0.1, 0.15) is 11.6 Å². The van der Waals surface area contributed by atoms with Crippen LogP contribution in [0.1, 0.15) is 13.8 Å². The molecule has 1 aromatic rings. The van der Waals surface area contributed by atoms with Crippen LogP contribution in [0.4, 0.5) is 4.39 Å². The van der Waals surface area contributed by atoms with Gasteiger partial charge in [-0.1, -0.05) is 26.0 Å². The van der Waals surface area contributed by atoms with Gasteiger partial charge in [0.15, 0.2) is 0 Å². The number of halogens is 1. The first-order chi connectivity index (χ1) is 7.02. The first kappa shape index (κ1) is 12.0. The summed E-state index contributed by atoms with van der Waals surface area (Å²) < 4.78 is 24.8. The molecule has 1 aromatic carbocycles. The summed E-state index contributed by atoms with van der Waals surface area (Å²) in [5.41, 5.74) is 0. The van der Waals surface area contributed by atoms with Gasteiger partial charge >= 0.3 is 0 Å². The van der Waals surface area contributed by atoms with E-state index in [4.69, 9.17) is 0 Å². The number of benzene rings is 1. The Hall–Kier alpha value is -1.03. The van der Waals surface area contributed by atoms with Gasteiger partial charge in [-0.15, -0.1) is 0 Å². The summed E-state index contributed by atoms with van der Waals surface area (Å²) in [6.45, 7) is 3.47. The van der Waals surface area contributed by atoms with E-state index in [9.17, 15) is 13.4 Å². The number of hydrogen-bond acceptors (Lipinski definition) is 2. The van der Waals surface area contributed by atoms with Crippen LogP contribution in [0.25, 0.3) is 0 Å². The van der Waals surface area contributed by atoms with Crippen molar-refractivity contribution in [1.82, 2.24) is 0 Å². The van der Waals surface area contributed by atoms with E-state index in [-0.39, 0.29) is 22.3 Å². The van der Waals surface area contributed by atoms with Crippen LogP contribution in [-0.2, 0) is 15.6 Å². The minimum atomic E-state index is -1.57. The highest BCUT2D eigenvalue weighted by atomic mass is 32.2. The Kier molecular flexibility index (Phi) is 4.15. The second-order valence-corrected chi connectivity index (χ2v) is 4.96. The topological polar surface area (TPSA) is 34.1 Å². The molecule has 2 nitrogen and oxygen atoms in total. The molecular formula is C11H13FO2S. The number of carbonyl (C=O) groups excluding carboxylic acids is 1. The van der Waals surface area contributed by atoms with Gasteiger partial charge in [0.25, 0.3) is 0 Å². The highest BCUT2D eigenvalue weighted by molar-refractivity contribution is 7.85.